The van der Waals surface area contributed by atoms with Gasteiger partial charge in [0.15, 0.2) is 0 Å². The number of hydrogen-bond donors (Lipinski definition) is 2. The molecule has 0 heterocycles. The number of sulfonamides is 1. The highest BCUT2D eigenvalue weighted by Gasteiger charge is 2.31. The molecule has 2 N–H and O–H groups in total. The lowest BCUT2D eigenvalue weighted by atomic mass is 10.2. The minimum atomic E-state index is -4.74. The van der Waals surface area contributed by atoms with Crippen LogP contribution >= 0.6 is 0 Å². The first-order valence-electron chi connectivity index (χ1n) is 6.74. The van der Waals surface area contributed by atoms with E-state index in [2.05, 4.69) is 0 Å². The molecule has 0 saturated heterocycles. The number of carbonyl (C=O) groups excluding carboxylic acids is 1. The fourth-order valence-electron chi connectivity index (χ4n) is 1.84. The molecule has 0 spiro atoms. The smallest absolute Gasteiger partial charge is 0.273 e. The SMILES string of the molecule is O=C(NNS(=O)(=O)c1cccc(C(F)(F)F)c1)c1cccc([N+](=O)[O-])c1. The molecule has 0 radical (unpaired) electrons. The van der Waals surface area contributed by atoms with Gasteiger partial charge >= 0.3 is 6.18 Å². The number of hydrogen-bond acceptors (Lipinski definition) is 5. The van der Waals surface area contributed by atoms with Gasteiger partial charge in [0.2, 0.25) is 0 Å². The molecule has 2 rings (SSSR count). The summed E-state index contributed by atoms with van der Waals surface area (Å²) in [4.78, 5) is 22.7. The van der Waals surface area contributed by atoms with Gasteiger partial charge in [-0.25, -0.2) is 8.42 Å². The molecule has 0 aliphatic carbocycles. The quantitative estimate of drug-likeness (QED) is 0.601. The molecule has 0 aliphatic heterocycles. The maximum Gasteiger partial charge on any atom is 0.416 e. The van der Waals surface area contributed by atoms with Crippen molar-refractivity contribution in [3.8, 4) is 0 Å². The Hall–Kier alpha value is -2.99. The Morgan fingerprint density at radius 1 is 1.08 bits per heavy atom. The van der Waals surface area contributed by atoms with Gasteiger partial charge in [-0.05, 0) is 24.3 Å². The van der Waals surface area contributed by atoms with E-state index in [1.54, 1.807) is 10.3 Å². The van der Waals surface area contributed by atoms with Gasteiger partial charge in [0.05, 0.1) is 15.4 Å². The number of nitro benzene ring substituents is 1. The number of nitrogens with one attached hydrogen (secondary N) is 2. The third kappa shape index (κ3) is 4.55. The number of non-ortho nitro benzene ring substituents is 1. The number of carbonyl (C=O) groups is 1. The van der Waals surface area contributed by atoms with Crippen molar-refractivity contribution < 1.29 is 31.3 Å². The van der Waals surface area contributed by atoms with Crippen molar-refractivity contribution in [2.45, 2.75) is 11.1 Å². The lowest BCUT2D eigenvalue weighted by Gasteiger charge is -2.11. The molecule has 0 fully saturated rings. The van der Waals surface area contributed by atoms with Crippen LogP contribution in [0, 0.1) is 10.1 Å². The van der Waals surface area contributed by atoms with Gasteiger partial charge < -0.3 is 0 Å². The first-order valence-corrected chi connectivity index (χ1v) is 8.23. The molecule has 138 valence electrons. The van der Waals surface area contributed by atoms with Gasteiger partial charge in [0.1, 0.15) is 0 Å². The molecular weight excluding hydrogens is 379 g/mol. The van der Waals surface area contributed by atoms with E-state index >= 15 is 0 Å². The number of alkyl halides is 3. The van der Waals surface area contributed by atoms with Crippen molar-refractivity contribution in [1.29, 1.82) is 0 Å². The average Bonchev–Trinajstić information content (AvgIpc) is 2.59. The van der Waals surface area contributed by atoms with Crippen molar-refractivity contribution in [1.82, 2.24) is 10.3 Å². The molecule has 0 atom stereocenters. The number of amides is 1. The third-order valence-electron chi connectivity index (χ3n) is 3.09. The number of halogens is 3. The van der Waals surface area contributed by atoms with Gasteiger partial charge in [0.25, 0.3) is 21.6 Å². The Morgan fingerprint density at radius 3 is 2.35 bits per heavy atom. The summed E-state index contributed by atoms with van der Waals surface area (Å²) >= 11 is 0. The summed E-state index contributed by atoms with van der Waals surface area (Å²) in [7, 11) is -4.49. The maximum absolute atomic E-state index is 12.7. The molecule has 8 nitrogen and oxygen atoms in total. The van der Waals surface area contributed by atoms with Crippen molar-refractivity contribution in [3.63, 3.8) is 0 Å². The van der Waals surface area contributed by atoms with Crippen LogP contribution in [0.2, 0.25) is 0 Å². The summed E-state index contributed by atoms with van der Waals surface area (Å²) in [6.07, 6.45) is -4.74. The van der Waals surface area contributed by atoms with Gasteiger partial charge in [-0.2, -0.15) is 13.2 Å². The highest BCUT2D eigenvalue weighted by Crippen LogP contribution is 2.30. The van der Waals surface area contributed by atoms with Crippen molar-refractivity contribution in [3.05, 3.63) is 69.8 Å². The summed E-state index contributed by atoms with van der Waals surface area (Å²) in [6.45, 7) is 0. The summed E-state index contributed by atoms with van der Waals surface area (Å²) < 4.78 is 62.0. The van der Waals surface area contributed by atoms with Gasteiger partial charge in [-0.15, -0.1) is 4.83 Å². The minimum absolute atomic E-state index is 0.217. The zero-order chi connectivity index (χ0) is 19.5. The van der Waals surface area contributed by atoms with Crippen LogP contribution in [0.5, 0.6) is 0 Å². The zero-order valence-electron chi connectivity index (χ0n) is 12.6. The van der Waals surface area contributed by atoms with Crippen molar-refractivity contribution in [2.24, 2.45) is 0 Å². The number of hydrazine groups is 1. The molecule has 1 amide bonds. The van der Waals surface area contributed by atoms with E-state index in [1.165, 1.54) is 12.1 Å². The zero-order valence-corrected chi connectivity index (χ0v) is 13.5. The Kier molecular flexibility index (Phi) is 5.28. The highest BCUT2D eigenvalue weighted by molar-refractivity contribution is 7.89. The van der Waals surface area contributed by atoms with Crippen LogP contribution in [-0.4, -0.2) is 19.2 Å². The van der Waals surface area contributed by atoms with Crippen molar-refractivity contribution in [2.75, 3.05) is 0 Å². The topological polar surface area (TPSA) is 118 Å². The van der Waals surface area contributed by atoms with E-state index in [-0.39, 0.29) is 5.56 Å². The fourth-order valence-corrected chi connectivity index (χ4v) is 2.73. The third-order valence-corrected chi connectivity index (χ3v) is 4.34. The summed E-state index contributed by atoms with van der Waals surface area (Å²) in [5, 5.41) is 10.7. The van der Waals surface area contributed by atoms with Crippen LogP contribution in [0.3, 0.4) is 0 Å². The Labute approximate surface area is 144 Å². The molecular formula is C14H10F3N3O5S. The van der Waals surface area contributed by atoms with E-state index in [1.807, 2.05) is 0 Å². The molecule has 12 heteroatoms. The molecule has 0 aliphatic rings. The highest BCUT2D eigenvalue weighted by atomic mass is 32.2. The number of benzene rings is 2. The molecule has 0 saturated carbocycles. The Morgan fingerprint density at radius 2 is 1.73 bits per heavy atom. The Balaban J connectivity index is 2.17. The van der Waals surface area contributed by atoms with Crippen LogP contribution in [0.4, 0.5) is 18.9 Å². The standard InChI is InChI=1S/C14H10F3N3O5S/c15-14(16,17)10-4-2-6-12(8-10)26(24,25)19-18-13(21)9-3-1-5-11(7-9)20(22)23/h1-8,19H,(H,18,21). The first kappa shape index (κ1) is 19.3. The second-order valence-corrected chi connectivity index (χ2v) is 6.58. The second kappa shape index (κ2) is 7.09. The van der Waals surface area contributed by atoms with E-state index in [4.69, 9.17) is 0 Å². The van der Waals surface area contributed by atoms with Gasteiger partial charge in [0, 0.05) is 17.7 Å². The summed E-state index contributed by atoms with van der Waals surface area (Å²) in [6, 6.07) is 7.37. The van der Waals surface area contributed by atoms with E-state index in [9.17, 15) is 36.5 Å². The van der Waals surface area contributed by atoms with Crippen molar-refractivity contribution >= 4 is 21.6 Å². The summed E-state index contributed by atoms with van der Waals surface area (Å²) in [5.41, 5.74) is -0.00136. The minimum Gasteiger partial charge on any atom is -0.273 e. The van der Waals surface area contributed by atoms with Crippen LogP contribution in [0.15, 0.2) is 53.4 Å². The first-order chi connectivity index (χ1) is 12.0. The van der Waals surface area contributed by atoms with E-state index < -0.39 is 43.2 Å². The second-order valence-electron chi connectivity index (χ2n) is 4.89. The molecule has 2 aromatic carbocycles. The monoisotopic (exact) mass is 389 g/mol. The lowest BCUT2D eigenvalue weighted by Crippen LogP contribution is -2.41. The number of nitro groups is 1. The van der Waals surface area contributed by atoms with E-state index in [0.29, 0.717) is 12.1 Å². The fraction of sp³-hybridized carbons (Fsp3) is 0.0714. The maximum atomic E-state index is 12.7. The van der Waals surface area contributed by atoms with Crippen LogP contribution in [-0.2, 0) is 16.2 Å². The predicted molar refractivity (Wildman–Crippen MR) is 82.3 cm³/mol. The van der Waals surface area contributed by atoms with Crippen LogP contribution in [0.1, 0.15) is 15.9 Å². The molecule has 0 unspecified atom stereocenters. The van der Waals surface area contributed by atoms with Gasteiger partial charge in [-0.1, -0.05) is 12.1 Å². The molecule has 0 aromatic heterocycles. The van der Waals surface area contributed by atoms with Crippen LogP contribution in [0.25, 0.3) is 0 Å². The molecule has 2 aromatic rings. The number of nitrogens with zero attached hydrogens (tertiary/aromatic N) is 1. The largest absolute Gasteiger partial charge is 0.416 e. The predicted octanol–water partition coefficient (Wildman–Crippen LogP) is 2.24. The Bertz CT molecular complexity index is 960. The van der Waals surface area contributed by atoms with E-state index in [0.717, 1.165) is 24.3 Å². The molecule has 26 heavy (non-hydrogen) atoms. The normalized spacial score (nSPS) is 11.8. The van der Waals surface area contributed by atoms with Gasteiger partial charge in [-0.3, -0.25) is 20.3 Å². The average molecular weight is 389 g/mol. The summed E-state index contributed by atoms with van der Waals surface area (Å²) in [5.74, 6) is -1.02. The number of rotatable bonds is 5. The lowest BCUT2D eigenvalue weighted by molar-refractivity contribution is -0.384. The molecule has 0 bridgehead atoms. The van der Waals surface area contributed by atoms with Crippen LogP contribution < -0.4 is 10.3 Å².